The van der Waals surface area contributed by atoms with Gasteiger partial charge in [0, 0.05) is 18.9 Å². The predicted molar refractivity (Wildman–Crippen MR) is 116 cm³/mol. The number of hydrogen-bond donors (Lipinski definition) is 1. The minimum atomic E-state index is -1.02. The van der Waals surface area contributed by atoms with Crippen LogP contribution in [-0.2, 0) is 11.2 Å². The highest BCUT2D eigenvalue weighted by atomic mass is 19.1. The monoisotopic (exact) mass is 417 g/mol. The summed E-state index contributed by atoms with van der Waals surface area (Å²) in [4.78, 5) is 14.3. The third-order valence-corrected chi connectivity index (χ3v) is 6.37. The Kier molecular flexibility index (Phi) is 4.98. The van der Waals surface area contributed by atoms with Gasteiger partial charge in [0.05, 0.1) is 12.1 Å². The summed E-state index contributed by atoms with van der Waals surface area (Å²) in [6.45, 7) is 0.912. The van der Waals surface area contributed by atoms with E-state index < -0.39 is 11.7 Å². The number of amides is 1. The maximum atomic E-state index is 13.1. The Bertz CT molecular complexity index is 1070. The van der Waals surface area contributed by atoms with Crippen LogP contribution in [-0.4, -0.2) is 41.4 Å². The van der Waals surface area contributed by atoms with Gasteiger partial charge in [-0.25, -0.2) is 9.18 Å². The van der Waals surface area contributed by atoms with Gasteiger partial charge in [0.15, 0.2) is 0 Å². The zero-order chi connectivity index (χ0) is 21.4. The lowest BCUT2D eigenvalue weighted by molar-refractivity contribution is 0.0445. The number of carbonyl (C=O) groups is 1. The van der Waals surface area contributed by atoms with Crippen LogP contribution in [0.2, 0.25) is 0 Å². The van der Waals surface area contributed by atoms with Gasteiger partial charge in [0.2, 0.25) is 0 Å². The van der Waals surface area contributed by atoms with Crippen molar-refractivity contribution in [1.29, 1.82) is 0 Å². The molecule has 158 valence electrons. The Morgan fingerprint density at radius 3 is 2.26 bits per heavy atom. The van der Waals surface area contributed by atoms with Gasteiger partial charge in [0.1, 0.15) is 12.4 Å². The first kappa shape index (κ1) is 19.8. The molecule has 1 heterocycles. The van der Waals surface area contributed by atoms with E-state index in [9.17, 15) is 14.3 Å². The third-order valence-electron chi connectivity index (χ3n) is 6.37. The van der Waals surface area contributed by atoms with Crippen molar-refractivity contribution in [3.05, 3.63) is 95.3 Å². The molecule has 0 aromatic heterocycles. The highest BCUT2D eigenvalue weighted by molar-refractivity contribution is 5.79. The summed E-state index contributed by atoms with van der Waals surface area (Å²) in [5.74, 6) is -0.292. The molecule has 1 aliphatic carbocycles. The number of benzene rings is 3. The summed E-state index contributed by atoms with van der Waals surface area (Å²) in [6.07, 6.45) is 0.437. The van der Waals surface area contributed by atoms with E-state index in [0.29, 0.717) is 19.4 Å². The molecule has 5 rings (SSSR count). The zero-order valence-electron chi connectivity index (χ0n) is 17.1. The van der Waals surface area contributed by atoms with E-state index in [0.717, 1.165) is 5.56 Å². The van der Waals surface area contributed by atoms with Crippen molar-refractivity contribution in [2.45, 2.75) is 24.4 Å². The second kappa shape index (κ2) is 7.82. The minimum absolute atomic E-state index is 0.0112. The first-order chi connectivity index (χ1) is 15.0. The molecule has 0 radical (unpaired) electrons. The number of nitrogens with zero attached hydrogens (tertiary/aromatic N) is 1. The van der Waals surface area contributed by atoms with Gasteiger partial charge in [-0.3, -0.25) is 0 Å². The molecule has 1 fully saturated rings. The van der Waals surface area contributed by atoms with Crippen LogP contribution in [0, 0.1) is 5.82 Å². The fourth-order valence-corrected chi connectivity index (χ4v) is 4.82. The highest BCUT2D eigenvalue weighted by Crippen LogP contribution is 2.44. The summed E-state index contributed by atoms with van der Waals surface area (Å²) in [5.41, 5.74) is 4.54. The summed E-state index contributed by atoms with van der Waals surface area (Å²) in [7, 11) is 0. The van der Waals surface area contributed by atoms with E-state index in [4.69, 9.17) is 4.74 Å². The molecule has 3 aromatic rings. The van der Waals surface area contributed by atoms with E-state index in [-0.39, 0.29) is 24.9 Å². The van der Waals surface area contributed by atoms with Gasteiger partial charge in [-0.15, -0.1) is 0 Å². The smallest absolute Gasteiger partial charge is 0.409 e. The average molecular weight is 417 g/mol. The van der Waals surface area contributed by atoms with Crippen LogP contribution in [0.25, 0.3) is 11.1 Å². The molecule has 4 nitrogen and oxygen atoms in total. The molecule has 0 bridgehead atoms. The summed E-state index contributed by atoms with van der Waals surface area (Å²) in [6, 6.07) is 22.6. The number of fused-ring (bicyclic) bond motifs is 3. The molecule has 1 atom stereocenters. The lowest BCUT2D eigenvalue weighted by atomic mass is 9.94. The molecule has 31 heavy (non-hydrogen) atoms. The lowest BCUT2D eigenvalue weighted by Gasteiger charge is -2.24. The molecule has 2 aliphatic rings. The van der Waals surface area contributed by atoms with Crippen molar-refractivity contribution in [3.63, 3.8) is 0 Å². The molecular formula is C26H24FNO3. The quantitative estimate of drug-likeness (QED) is 0.666. The Labute approximate surface area is 180 Å². The lowest BCUT2D eigenvalue weighted by Crippen LogP contribution is -2.38. The molecule has 3 aromatic carbocycles. The number of carbonyl (C=O) groups excluding carboxylic acids is 1. The number of likely N-dealkylation sites (tertiary alicyclic amines) is 1. The zero-order valence-corrected chi connectivity index (χ0v) is 17.1. The topological polar surface area (TPSA) is 49.8 Å². The number of hydrogen-bond acceptors (Lipinski definition) is 3. The van der Waals surface area contributed by atoms with Gasteiger partial charge < -0.3 is 14.7 Å². The van der Waals surface area contributed by atoms with Gasteiger partial charge in [-0.05, 0) is 46.4 Å². The molecule has 0 saturated carbocycles. The van der Waals surface area contributed by atoms with Crippen LogP contribution in [0.15, 0.2) is 72.8 Å². The molecule has 5 heteroatoms. The van der Waals surface area contributed by atoms with Crippen molar-refractivity contribution in [1.82, 2.24) is 4.90 Å². The van der Waals surface area contributed by atoms with E-state index in [2.05, 4.69) is 24.3 Å². The average Bonchev–Trinajstić information content (AvgIpc) is 3.32. The van der Waals surface area contributed by atoms with Crippen LogP contribution in [0.5, 0.6) is 0 Å². The summed E-state index contributed by atoms with van der Waals surface area (Å²) in [5, 5.41) is 10.9. The van der Waals surface area contributed by atoms with Crippen LogP contribution in [0.1, 0.15) is 29.0 Å². The Balaban J connectivity index is 1.24. The van der Waals surface area contributed by atoms with Gasteiger partial charge in [0.25, 0.3) is 0 Å². The van der Waals surface area contributed by atoms with Crippen LogP contribution >= 0.6 is 0 Å². The molecular weight excluding hydrogens is 393 g/mol. The van der Waals surface area contributed by atoms with Gasteiger partial charge in [-0.1, -0.05) is 60.7 Å². The number of rotatable bonds is 4. The number of β-amino-alcohol motifs (C(OH)–C–C–N with tert-alkyl or cyclic N) is 1. The summed E-state index contributed by atoms with van der Waals surface area (Å²) >= 11 is 0. The van der Waals surface area contributed by atoms with Crippen molar-refractivity contribution in [2.24, 2.45) is 0 Å². The number of ether oxygens (including phenoxy) is 1. The fraction of sp³-hybridized carbons (Fsp3) is 0.269. The minimum Gasteiger partial charge on any atom is -0.448 e. The number of halogens is 1. The predicted octanol–water partition coefficient (Wildman–Crippen LogP) is 4.75. The molecule has 0 spiro atoms. The second-order valence-corrected chi connectivity index (χ2v) is 8.50. The van der Waals surface area contributed by atoms with Crippen molar-refractivity contribution >= 4 is 6.09 Å². The van der Waals surface area contributed by atoms with Crippen molar-refractivity contribution in [3.8, 4) is 11.1 Å². The molecule has 1 N–H and O–H groups in total. The third kappa shape index (κ3) is 3.81. The normalized spacial score (nSPS) is 19.9. The molecule has 1 unspecified atom stereocenters. The van der Waals surface area contributed by atoms with Crippen LogP contribution in [0.3, 0.4) is 0 Å². The molecule has 1 amide bonds. The van der Waals surface area contributed by atoms with Crippen LogP contribution in [0.4, 0.5) is 9.18 Å². The fourth-order valence-electron chi connectivity index (χ4n) is 4.82. The van der Waals surface area contributed by atoms with Crippen molar-refractivity contribution < 1.29 is 19.0 Å². The van der Waals surface area contributed by atoms with E-state index in [1.807, 2.05) is 24.3 Å². The molecule has 1 aliphatic heterocycles. The molecule has 1 saturated heterocycles. The Morgan fingerprint density at radius 1 is 1.00 bits per heavy atom. The van der Waals surface area contributed by atoms with Gasteiger partial charge >= 0.3 is 6.09 Å². The van der Waals surface area contributed by atoms with Crippen LogP contribution < -0.4 is 0 Å². The standard InChI is InChI=1S/C26H24FNO3/c27-19-11-9-18(10-12-19)15-26(30)13-14-28(17-26)25(29)31-16-24-22-7-3-1-5-20(22)21-6-2-4-8-23(21)24/h1-12,24,30H,13-17H2. The van der Waals surface area contributed by atoms with Crippen molar-refractivity contribution in [2.75, 3.05) is 19.7 Å². The summed E-state index contributed by atoms with van der Waals surface area (Å²) < 4.78 is 18.8. The Morgan fingerprint density at radius 2 is 1.61 bits per heavy atom. The first-order valence-corrected chi connectivity index (χ1v) is 10.6. The SMILES string of the molecule is O=C(OCC1c2ccccc2-c2ccccc21)N1CCC(O)(Cc2ccc(F)cc2)C1. The maximum Gasteiger partial charge on any atom is 0.409 e. The highest BCUT2D eigenvalue weighted by Gasteiger charge is 2.39. The second-order valence-electron chi connectivity index (χ2n) is 8.50. The Hall–Kier alpha value is -3.18. The van der Waals surface area contributed by atoms with E-state index >= 15 is 0 Å². The van der Waals surface area contributed by atoms with E-state index in [1.54, 1.807) is 17.0 Å². The number of aliphatic hydroxyl groups is 1. The largest absolute Gasteiger partial charge is 0.448 e. The van der Waals surface area contributed by atoms with E-state index in [1.165, 1.54) is 34.4 Å². The first-order valence-electron chi connectivity index (χ1n) is 10.6. The maximum absolute atomic E-state index is 13.1. The van der Waals surface area contributed by atoms with Gasteiger partial charge in [-0.2, -0.15) is 0 Å².